The van der Waals surface area contributed by atoms with Crippen LogP contribution in [-0.4, -0.2) is 44.3 Å². The maximum absolute atomic E-state index is 5.88. The van der Waals surface area contributed by atoms with Gasteiger partial charge < -0.3 is 15.0 Å². The Hall–Kier alpha value is -0.900. The summed E-state index contributed by atoms with van der Waals surface area (Å²) >= 11 is 0. The molecule has 0 radical (unpaired) electrons. The van der Waals surface area contributed by atoms with Gasteiger partial charge in [0.25, 0.3) is 0 Å². The number of nitrogens with one attached hydrogen (secondary N) is 1. The van der Waals surface area contributed by atoms with E-state index >= 15 is 0 Å². The molecule has 1 aromatic carbocycles. The van der Waals surface area contributed by atoms with Crippen molar-refractivity contribution >= 4 is 0 Å². The topological polar surface area (TPSA) is 24.5 Å². The van der Waals surface area contributed by atoms with Gasteiger partial charge in [-0.15, -0.1) is 0 Å². The Kier molecular flexibility index (Phi) is 5.65. The first-order chi connectivity index (χ1) is 8.84. The first-order valence-electron chi connectivity index (χ1n) is 6.89. The second-order valence-electron chi connectivity index (χ2n) is 5.04. The molecule has 0 unspecified atom stereocenters. The lowest BCUT2D eigenvalue weighted by atomic mass is 10.1. The van der Waals surface area contributed by atoms with E-state index in [1.165, 1.54) is 31.5 Å². The maximum atomic E-state index is 5.88. The lowest BCUT2D eigenvalue weighted by molar-refractivity contribution is 0.0141. The lowest BCUT2D eigenvalue weighted by Gasteiger charge is -2.28. The molecule has 0 aromatic heterocycles. The van der Waals surface area contributed by atoms with Crippen LogP contribution in [0, 0.1) is 0 Å². The van der Waals surface area contributed by atoms with E-state index < -0.39 is 0 Å². The molecule has 1 fully saturated rings. The molecule has 1 heterocycles. The fourth-order valence-corrected chi connectivity index (χ4v) is 2.28. The lowest BCUT2D eigenvalue weighted by Crippen LogP contribution is -2.35. The van der Waals surface area contributed by atoms with Crippen molar-refractivity contribution in [2.45, 2.75) is 25.5 Å². The summed E-state index contributed by atoms with van der Waals surface area (Å²) in [6.07, 6.45) is 2.82. The maximum Gasteiger partial charge on any atom is 0.0600 e. The fourth-order valence-electron chi connectivity index (χ4n) is 2.28. The van der Waals surface area contributed by atoms with Crippen LogP contribution < -0.4 is 5.32 Å². The Morgan fingerprint density at radius 1 is 1.22 bits per heavy atom. The summed E-state index contributed by atoms with van der Waals surface area (Å²) in [7, 11) is 2.18. The third kappa shape index (κ3) is 4.77. The third-order valence-corrected chi connectivity index (χ3v) is 3.47. The Morgan fingerprint density at radius 2 is 1.94 bits per heavy atom. The van der Waals surface area contributed by atoms with Crippen LogP contribution in [0.4, 0.5) is 0 Å². The molecule has 1 aromatic rings. The third-order valence-electron chi connectivity index (χ3n) is 3.47. The van der Waals surface area contributed by atoms with Gasteiger partial charge in [0.1, 0.15) is 0 Å². The van der Waals surface area contributed by atoms with Crippen LogP contribution in [0.3, 0.4) is 0 Å². The largest absolute Gasteiger partial charge is 0.377 e. The first-order valence-corrected chi connectivity index (χ1v) is 6.89. The zero-order valence-electron chi connectivity index (χ0n) is 11.3. The molecule has 0 spiro atoms. The molecule has 0 amide bonds. The zero-order valence-corrected chi connectivity index (χ0v) is 11.3. The quantitative estimate of drug-likeness (QED) is 0.778. The van der Waals surface area contributed by atoms with Gasteiger partial charge in [0.15, 0.2) is 0 Å². The van der Waals surface area contributed by atoms with Crippen LogP contribution in [0.1, 0.15) is 18.4 Å². The van der Waals surface area contributed by atoms with Crippen molar-refractivity contribution in [1.82, 2.24) is 10.2 Å². The predicted octanol–water partition coefficient (Wildman–Crippen LogP) is 1.89. The van der Waals surface area contributed by atoms with Gasteiger partial charge in [0.2, 0.25) is 0 Å². The van der Waals surface area contributed by atoms with E-state index in [-0.39, 0.29) is 0 Å². The fraction of sp³-hybridized carbons (Fsp3) is 0.600. The Morgan fingerprint density at radius 3 is 2.67 bits per heavy atom. The summed E-state index contributed by atoms with van der Waals surface area (Å²) in [5.74, 6) is 0. The van der Waals surface area contributed by atoms with Crippen LogP contribution in [0.2, 0.25) is 0 Å². The standard InChI is InChI=1S/C15H24N2O/c1-17-10-7-15(8-11-17)18-12-9-16-13-14-5-3-2-4-6-14/h2-6,15-16H,7-13H2,1H3. The molecular weight excluding hydrogens is 224 g/mol. The molecule has 1 N–H and O–H groups in total. The van der Waals surface area contributed by atoms with Crippen molar-refractivity contribution in [3.8, 4) is 0 Å². The van der Waals surface area contributed by atoms with Crippen molar-refractivity contribution in [2.75, 3.05) is 33.3 Å². The number of hydrogen-bond donors (Lipinski definition) is 1. The number of benzene rings is 1. The average Bonchev–Trinajstić information content (AvgIpc) is 2.42. The molecular formula is C15H24N2O. The summed E-state index contributed by atoms with van der Waals surface area (Å²) in [6, 6.07) is 10.5. The minimum atomic E-state index is 0.472. The van der Waals surface area contributed by atoms with Gasteiger partial charge in [-0.05, 0) is 25.5 Å². The number of ether oxygens (including phenoxy) is 1. The Balaban J connectivity index is 1.51. The van der Waals surface area contributed by atoms with E-state index in [2.05, 4.69) is 41.5 Å². The monoisotopic (exact) mass is 248 g/mol. The van der Waals surface area contributed by atoms with Crippen molar-refractivity contribution < 1.29 is 4.74 Å². The smallest absolute Gasteiger partial charge is 0.0600 e. The summed E-state index contributed by atoms with van der Waals surface area (Å²) in [4.78, 5) is 2.37. The average molecular weight is 248 g/mol. The van der Waals surface area contributed by atoms with E-state index in [1.54, 1.807) is 0 Å². The predicted molar refractivity (Wildman–Crippen MR) is 74.6 cm³/mol. The first kappa shape index (κ1) is 13.5. The second kappa shape index (κ2) is 7.52. The molecule has 1 aliphatic rings. The van der Waals surface area contributed by atoms with Gasteiger partial charge in [-0.3, -0.25) is 0 Å². The van der Waals surface area contributed by atoms with Gasteiger partial charge in [-0.25, -0.2) is 0 Å². The highest BCUT2D eigenvalue weighted by Gasteiger charge is 2.16. The van der Waals surface area contributed by atoms with Crippen molar-refractivity contribution in [1.29, 1.82) is 0 Å². The minimum Gasteiger partial charge on any atom is -0.377 e. The SMILES string of the molecule is CN1CCC(OCCNCc2ccccc2)CC1. The molecule has 100 valence electrons. The van der Waals surface area contributed by atoms with Crippen LogP contribution >= 0.6 is 0 Å². The van der Waals surface area contributed by atoms with Crippen molar-refractivity contribution in [3.63, 3.8) is 0 Å². The normalized spacial score (nSPS) is 18.1. The minimum absolute atomic E-state index is 0.472. The summed E-state index contributed by atoms with van der Waals surface area (Å²) < 4.78 is 5.88. The molecule has 0 bridgehead atoms. The molecule has 1 aliphatic heterocycles. The van der Waals surface area contributed by atoms with Crippen molar-refractivity contribution in [3.05, 3.63) is 35.9 Å². The molecule has 2 rings (SSSR count). The highest BCUT2D eigenvalue weighted by Crippen LogP contribution is 2.11. The van der Waals surface area contributed by atoms with E-state index in [1.807, 2.05) is 6.07 Å². The van der Waals surface area contributed by atoms with E-state index in [4.69, 9.17) is 4.74 Å². The van der Waals surface area contributed by atoms with Crippen LogP contribution in [-0.2, 0) is 11.3 Å². The Labute approximate surface area is 110 Å². The molecule has 0 saturated carbocycles. The molecule has 3 nitrogen and oxygen atoms in total. The zero-order chi connectivity index (χ0) is 12.6. The van der Waals surface area contributed by atoms with Crippen molar-refractivity contribution in [2.24, 2.45) is 0 Å². The molecule has 18 heavy (non-hydrogen) atoms. The summed E-state index contributed by atoms with van der Waals surface area (Å²) in [6.45, 7) is 5.02. The van der Waals surface area contributed by atoms with Crippen LogP contribution in [0.5, 0.6) is 0 Å². The molecule has 0 atom stereocenters. The number of rotatable bonds is 6. The van der Waals surface area contributed by atoms with Gasteiger partial charge in [-0.2, -0.15) is 0 Å². The van der Waals surface area contributed by atoms with Crippen LogP contribution in [0.25, 0.3) is 0 Å². The summed E-state index contributed by atoms with van der Waals surface area (Å²) in [5.41, 5.74) is 1.33. The van der Waals surface area contributed by atoms with E-state index in [0.717, 1.165) is 19.7 Å². The van der Waals surface area contributed by atoms with Gasteiger partial charge in [0, 0.05) is 26.2 Å². The van der Waals surface area contributed by atoms with E-state index in [0.29, 0.717) is 6.10 Å². The second-order valence-corrected chi connectivity index (χ2v) is 5.04. The number of nitrogens with zero attached hydrogens (tertiary/aromatic N) is 1. The number of likely N-dealkylation sites (tertiary alicyclic amines) is 1. The molecule has 3 heteroatoms. The number of piperidine rings is 1. The van der Waals surface area contributed by atoms with Gasteiger partial charge >= 0.3 is 0 Å². The van der Waals surface area contributed by atoms with Crippen LogP contribution in [0.15, 0.2) is 30.3 Å². The highest BCUT2D eigenvalue weighted by molar-refractivity contribution is 5.14. The number of hydrogen-bond acceptors (Lipinski definition) is 3. The van der Waals surface area contributed by atoms with E-state index in [9.17, 15) is 0 Å². The van der Waals surface area contributed by atoms with Gasteiger partial charge in [-0.1, -0.05) is 30.3 Å². The molecule has 0 aliphatic carbocycles. The van der Waals surface area contributed by atoms with Gasteiger partial charge in [0.05, 0.1) is 12.7 Å². The Bertz CT molecular complexity index is 321. The summed E-state index contributed by atoms with van der Waals surface area (Å²) in [5, 5.41) is 3.41. The highest BCUT2D eigenvalue weighted by atomic mass is 16.5. The molecule has 1 saturated heterocycles.